The molecular formula is C18H18N2O4. The van der Waals surface area contributed by atoms with Crippen molar-refractivity contribution in [3.63, 3.8) is 0 Å². The van der Waals surface area contributed by atoms with E-state index in [0.29, 0.717) is 22.9 Å². The third-order valence-electron chi connectivity index (χ3n) is 3.81. The Morgan fingerprint density at radius 1 is 1.29 bits per heavy atom. The van der Waals surface area contributed by atoms with E-state index in [-0.39, 0.29) is 25.0 Å². The maximum atomic E-state index is 12.1. The Morgan fingerprint density at radius 2 is 2.12 bits per heavy atom. The third-order valence-corrected chi connectivity index (χ3v) is 3.81. The maximum Gasteiger partial charge on any atom is 0.262 e. The van der Waals surface area contributed by atoms with E-state index >= 15 is 0 Å². The molecule has 2 amide bonds. The predicted molar refractivity (Wildman–Crippen MR) is 90.6 cm³/mol. The van der Waals surface area contributed by atoms with E-state index in [2.05, 4.69) is 10.6 Å². The number of nitrogens with one attached hydrogen (secondary N) is 2. The van der Waals surface area contributed by atoms with Gasteiger partial charge in [0.05, 0.1) is 5.69 Å². The zero-order chi connectivity index (χ0) is 17.1. The Morgan fingerprint density at radius 3 is 2.96 bits per heavy atom. The summed E-state index contributed by atoms with van der Waals surface area (Å²) in [4.78, 5) is 23.4. The van der Waals surface area contributed by atoms with Gasteiger partial charge in [-0.15, -0.1) is 0 Å². The number of fused-ring (bicyclic) bond motifs is 1. The van der Waals surface area contributed by atoms with Crippen molar-refractivity contribution in [2.75, 3.05) is 23.8 Å². The van der Waals surface area contributed by atoms with Gasteiger partial charge in [0.1, 0.15) is 11.5 Å². The number of aryl methyl sites for hydroxylation is 1. The smallest absolute Gasteiger partial charge is 0.262 e. The molecule has 0 unspecified atom stereocenters. The zero-order valence-corrected chi connectivity index (χ0v) is 13.5. The van der Waals surface area contributed by atoms with Crippen LogP contribution < -0.4 is 20.1 Å². The molecule has 2 aromatic carbocycles. The molecule has 2 N–H and O–H groups in total. The second kappa shape index (κ2) is 6.62. The fourth-order valence-corrected chi connectivity index (χ4v) is 2.38. The lowest BCUT2D eigenvalue weighted by Gasteiger charge is -2.18. The molecule has 0 radical (unpaired) electrons. The van der Waals surface area contributed by atoms with Crippen LogP contribution in [0.4, 0.5) is 11.4 Å². The summed E-state index contributed by atoms with van der Waals surface area (Å²) in [5.74, 6) is 0.777. The lowest BCUT2D eigenvalue weighted by atomic mass is 10.1. The summed E-state index contributed by atoms with van der Waals surface area (Å²) in [6.45, 7) is 3.85. The topological polar surface area (TPSA) is 76.7 Å². The van der Waals surface area contributed by atoms with Crippen LogP contribution in [0.2, 0.25) is 0 Å². The van der Waals surface area contributed by atoms with Crippen molar-refractivity contribution in [1.82, 2.24) is 0 Å². The number of ether oxygens (including phenoxy) is 2. The number of carbonyl (C=O) groups is 2. The zero-order valence-electron chi connectivity index (χ0n) is 13.5. The van der Waals surface area contributed by atoms with Crippen LogP contribution in [0.3, 0.4) is 0 Å². The molecule has 0 aromatic heterocycles. The molecule has 0 atom stereocenters. The van der Waals surface area contributed by atoms with Gasteiger partial charge in [0.15, 0.2) is 13.2 Å². The van der Waals surface area contributed by atoms with Crippen molar-refractivity contribution < 1.29 is 19.1 Å². The molecule has 0 bridgehead atoms. The average molecular weight is 326 g/mol. The van der Waals surface area contributed by atoms with Crippen LogP contribution in [0.1, 0.15) is 11.1 Å². The molecule has 3 rings (SSSR count). The van der Waals surface area contributed by atoms with Crippen LogP contribution in [-0.4, -0.2) is 25.0 Å². The van der Waals surface area contributed by atoms with Gasteiger partial charge in [-0.2, -0.15) is 0 Å². The van der Waals surface area contributed by atoms with Crippen molar-refractivity contribution in [3.05, 3.63) is 47.5 Å². The molecule has 2 aromatic rings. The van der Waals surface area contributed by atoms with Gasteiger partial charge in [0.25, 0.3) is 11.8 Å². The SMILES string of the molecule is Cc1cccc(OCC(=O)Nc2ccc3c(c2)NC(=O)CO3)c1C. The summed E-state index contributed by atoms with van der Waals surface area (Å²) in [6, 6.07) is 10.8. The Bertz CT molecular complexity index is 802. The first kappa shape index (κ1) is 15.9. The first-order valence-electron chi connectivity index (χ1n) is 7.58. The van der Waals surface area contributed by atoms with E-state index in [9.17, 15) is 9.59 Å². The Kier molecular flexibility index (Phi) is 4.37. The quantitative estimate of drug-likeness (QED) is 0.905. The number of benzene rings is 2. The van der Waals surface area contributed by atoms with Gasteiger partial charge in [-0.3, -0.25) is 9.59 Å². The fourth-order valence-electron chi connectivity index (χ4n) is 2.38. The van der Waals surface area contributed by atoms with Gasteiger partial charge in [-0.25, -0.2) is 0 Å². The summed E-state index contributed by atoms with van der Waals surface area (Å²) in [6.07, 6.45) is 0. The second-order valence-electron chi connectivity index (χ2n) is 5.58. The highest BCUT2D eigenvalue weighted by molar-refractivity contribution is 5.97. The van der Waals surface area contributed by atoms with E-state index < -0.39 is 0 Å². The maximum absolute atomic E-state index is 12.1. The Hall–Kier alpha value is -3.02. The molecule has 6 heteroatoms. The van der Waals surface area contributed by atoms with E-state index in [1.54, 1.807) is 18.2 Å². The number of carbonyl (C=O) groups excluding carboxylic acids is 2. The first-order valence-corrected chi connectivity index (χ1v) is 7.58. The fraction of sp³-hybridized carbons (Fsp3) is 0.222. The molecule has 0 saturated carbocycles. The van der Waals surface area contributed by atoms with Crippen LogP contribution in [-0.2, 0) is 9.59 Å². The molecule has 124 valence electrons. The van der Waals surface area contributed by atoms with Gasteiger partial charge in [0.2, 0.25) is 0 Å². The minimum atomic E-state index is -0.279. The van der Waals surface area contributed by atoms with Crippen LogP contribution in [0.25, 0.3) is 0 Å². The molecule has 1 heterocycles. The number of rotatable bonds is 4. The van der Waals surface area contributed by atoms with Gasteiger partial charge in [0, 0.05) is 5.69 Å². The highest BCUT2D eigenvalue weighted by Crippen LogP contribution is 2.30. The molecular weight excluding hydrogens is 308 g/mol. The van der Waals surface area contributed by atoms with Crippen molar-refractivity contribution in [2.24, 2.45) is 0 Å². The molecule has 0 aliphatic carbocycles. The van der Waals surface area contributed by atoms with Gasteiger partial charge >= 0.3 is 0 Å². The first-order chi connectivity index (χ1) is 11.5. The molecule has 24 heavy (non-hydrogen) atoms. The highest BCUT2D eigenvalue weighted by atomic mass is 16.5. The summed E-state index contributed by atoms with van der Waals surface area (Å²) in [7, 11) is 0. The lowest BCUT2D eigenvalue weighted by Crippen LogP contribution is -2.25. The molecule has 0 saturated heterocycles. The Labute approximate surface area is 139 Å². The molecule has 1 aliphatic heterocycles. The molecule has 0 spiro atoms. The molecule has 0 fully saturated rings. The molecule has 1 aliphatic rings. The van der Waals surface area contributed by atoms with E-state index in [1.165, 1.54) is 0 Å². The normalized spacial score (nSPS) is 12.7. The minimum absolute atomic E-state index is 0.00237. The van der Waals surface area contributed by atoms with Gasteiger partial charge < -0.3 is 20.1 Å². The number of hydrogen-bond donors (Lipinski definition) is 2. The molecule has 6 nitrogen and oxygen atoms in total. The van der Waals surface area contributed by atoms with E-state index in [0.717, 1.165) is 11.1 Å². The van der Waals surface area contributed by atoms with Crippen molar-refractivity contribution >= 4 is 23.2 Å². The Balaban J connectivity index is 1.62. The monoisotopic (exact) mass is 326 g/mol. The van der Waals surface area contributed by atoms with Crippen LogP contribution in [0, 0.1) is 13.8 Å². The van der Waals surface area contributed by atoms with E-state index in [1.807, 2.05) is 32.0 Å². The van der Waals surface area contributed by atoms with Crippen molar-refractivity contribution in [2.45, 2.75) is 13.8 Å². The summed E-state index contributed by atoms with van der Waals surface area (Å²) in [5.41, 5.74) is 3.23. The summed E-state index contributed by atoms with van der Waals surface area (Å²) < 4.78 is 10.9. The standard InChI is InChI=1S/C18H18N2O4/c1-11-4-3-5-15(12(11)2)23-9-17(21)19-13-6-7-16-14(8-13)20-18(22)10-24-16/h3-8H,9-10H2,1-2H3,(H,19,21)(H,20,22). The number of amides is 2. The van der Waals surface area contributed by atoms with Gasteiger partial charge in [-0.05, 0) is 49.2 Å². The highest BCUT2D eigenvalue weighted by Gasteiger charge is 2.16. The van der Waals surface area contributed by atoms with Gasteiger partial charge in [-0.1, -0.05) is 12.1 Å². The average Bonchev–Trinajstić information content (AvgIpc) is 2.56. The predicted octanol–water partition coefficient (Wildman–Crippen LogP) is 2.65. The lowest BCUT2D eigenvalue weighted by molar-refractivity contribution is -0.119. The number of hydrogen-bond acceptors (Lipinski definition) is 4. The second-order valence-corrected chi connectivity index (χ2v) is 5.58. The van der Waals surface area contributed by atoms with Crippen LogP contribution >= 0.6 is 0 Å². The van der Waals surface area contributed by atoms with E-state index in [4.69, 9.17) is 9.47 Å². The summed E-state index contributed by atoms with van der Waals surface area (Å²) >= 11 is 0. The third kappa shape index (κ3) is 3.48. The summed E-state index contributed by atoms with van der Waals surface area (Å²) in [5, 5.41) is 5.44. The van der Waals surface area contributed by atoms with Crippen molar-refractivity contribution in [3.8, 4) is 11.5 Å². The van der Waals surface area contributed by atoms with Crippen molar-refractivity contribution in [1.29, 1.82) is 0 Å². The van der Waals surface area contributed by atoms with Crippen LogP contribution in [0.15, 0.2) is 36.4 Å². The minimum Gasteiger partial charge on any atom is -0.483 e. The van der Waals surface area contributed by atoms with Crippen LogP contribution in [0.5, 0.6) is 11.5 Å². The largest absolute Gasteiger partial charge is 0.483 e. The number of anilines is 2.